The molecule has 2 heterocycles. The van der Waals surface area contributed by atoms with Crippen molar-refractivity contribution in [1.82, 2.24) is 4.57 Å². The highest BCUT2D eigenvalue weighted by Crippen LogP contribution is 2.33. The van der Waals surface area contributed by atoms with E-state index in [0.29, 0.717) is 22.4 Å². The Morgan fingerprint density at radius 1 is 1.17 bits per heavy atom. The minimum absolute atomic E-state index is 0.00468. The van der Waals surface area contributed by atoms with Crippen LogP contribution in [0, 0.1) is 11.7 Å². The van der Waals surface area contributed by atoms with E-state index in [0.717, 1.165) is 31.6 Å². The van der Waals surface area contributed by atoms with Crippen molar-refractivity contribution in [3.05, 3.63) is 68.2 Å². The Morgan fingerprint density at radius 3 is 2.44 bits per heavy atom. The molecule has 36 heavy (non-hydrogen) atoms. The van der Waals surface area contributed by atoms with Crippen LogP contribution >= 0.6 is 11.6 Å². The summed E-state index contributed by atoms with van der Waals surface area (Å²) in [6, 6.07) is 6.12. The number of hydrogen-bond acceptors (Lipinski definition) is 5. The number of aromatic carboxylic acids is 1. The number of benzene rings is 2. The predicted octanol–water partition coefficient (Wildman–Crippen LogP) is 4.88. The Balaban J connectivity index is 1.99. The third kappa shape index (κ3) is 4.80. The van der Waals surface area contributed by atoms with Gasteiger partial charge in [0.2, 0.25) is 5.43 Å². The van der Waals surface area contributed by atoms with E-state index in [9.17, 15) is 19.8 Å². The lowest BCUT2D eigenvalue weighted by atomic mass is 9.96. The molecule has 4 rings (SSSR count). The van der Waals surface area contributed by atoms with E-state index in [-0.39, 0.29) is 29.4 Å². The van der Waals surface area contributed by atoms with Crippen molar-refractivity contribution in [2.45, 2.75) is 39.2 Å². The SMILES string of the molecule is COc1cc(Cc2cc(N3CCCC3)cc(Cl)c2F)c2c(=O)c(C(=O)O)cn([C@H](CO)C(C)C)c2c1. The number of hydrogen-bond donors (Lipinski definition) is 2. The number of aliphatic hydroxyl groups excluding tert-OH is 1. The normalized spacial score (nSPS) is 14.6. The summed E-state index contributed by atoms with van der Waals surface area (Å²) < 4.78 is 22.3. The molecule has 0 saturated carbocycles. The molecule has 0 aliphatic carbocycles. The zero-order valence-electron chi connectivity index (χ0n) is 20.6. The molecule has 0 unspecified atom stereocenters. The fourth-order valence-corrected chi connectivity index (χ4v) is 5.18. The van der Waals surface area contributed by atoms with Gasteiger partial charge < -0.3 is 24.4 Å². The maximum absolute atomic E-state index is 15.2. The van der Waals surface area contributed by atoms with Crippen LogP contribution in [0.4, 0.5) is 10.1 Å². The Kier molecular flexibility index (Phi) is 7.57. The minimum Gasteiger partial charge on any atom is -0.497 e. The fraction of sp³-hybridized carbons (Fsp3) is 0.407. The second-order valence-electron chi connectivity index (χ2n) is 9.53. The van der Waals surface area contributed by atoms with Crippen molar-refractivity contribution in [3.8, 4) is 5.75 Å². The fourth-order valence-electron chi connectivity index (χ4n) is 4.95. The van der Waals surface area contributed by atoms with Crippen LogP contribution in [0.1, 0.15) is 54.2 Å². The number of carbonyl (C=O) groups is 1. The molecule has 2 N–H and O–H groups in total. The Bertz CT molecular complexity index is 1360. The van der Waals surface area contributed by atoms with E-state index in [4.69, 9.17) is 16.3 Å². The number of aliphatic hydroxyl groups is 1. The minimum atomic E-state index is -1.37. The highest BCUT2D eigenvalue weighted by Gasteiger charge is 2.24. The van der Waals surface area contributed by atoms with Gasteiger partial charge >= 0.3 is 5.97 Å². The smallest absolute Gasteiger partial charge is 0.341 e. The second-order valence-corrected chi connectivity index (χ2v) is 9.94. The molecule has 3 aromatic rings. The lowest BCUT2D eigenvalue weighted by molar-refractivity contribution is 0.0694. The molecule has 2 aromatic carbocycles. The number of anilines is 1. The van der Waals surface area contributed by atoms with Crippen molar-refractivity contribution in [1.29, 1.82) is 0 Å². The maximum atomic E-state index is 15.2. The molecular weight excluding hydrogens is 487 g/mol. The standard InChI is InChI=1S/C27H30ClFN2O5/c1-15(2)23(14-32)31-13-20(27(34)35)26(33)24-16(10-19(36-3)12-22(24)31)8-17-9-18(11-21(28)25(17)29)30-6-4-5-7-30/h9-13,15,23,32H,4-8,14H2,1-3H3,(H,34,35)/t23-/m1/s1. The van der Waals surface area contributed by atoms with Crippen molar-refractivity contribution in [2.75, 3.05) is 31.7 Å². The number of ether oxygens (including phenoxy) is 1. The van der Waals surface area contributed by atoms with Gasteiger partial charge in [0.1, 0.15) is 17.1 Å². The van der Waals surface area contributed by atoms with E-state index < -0.39 is 28.8 Å². The van der Waals surface area contributed by atoms with E-state index in [1.54, 1.807) is 28.8 Å². The van der Waals surface area contributed by atoms with Crippen LogP contribution in [-0.2, 0) is 6.42 Å². The molecule has 0 spiro atoms. The van der Waals surface area contributed by atoms with Crippen LogP contribution in [0.5, 0.6) is 5.75 Å². The number of fused-ring (bicyclic) bond motifs is 1. The molecule has 0 bridgehead atoms. The summed E-state index contributed by atoms with van der Waals surface area (Å²) >= 11 is 6.26. The number of pyridine rings is 1. The van der Waals surface area contributed by atoms with Crippen molar-refractivity contribution in [3.63, 3.8) is 0 Å². The molecule has 1 atom stereocenters. The molecule has 192 valence electrons. The van der Waals surface area contributed by atoms with Crippen molar-refractivity contribution in [2.24, 2.45) is 5.92 Å². The monoisotopic (exact) mass is 516 g/mol. The first-order chi connectivity index (χ1) is 17.2. The third-order valence-electron chi connectivity index (χ3n) is 6.91. The molecule has 1 aromatic heterocycles. The molecule has 1 aliphatic rings. The zero-order valence-corrected chi connectivity index (χ0v) is 21.3. The van der Waals surface area contributed by atoms with Gasteiger partial charge in [-0.15, -0.1) is 0 Å². The number of rotatable bonds is 8. The van der Waals surface area contributed by atoms with Crippen molar-refractivity contribution >= 4 is 34.2 Å². The third-order valence-corrected chi connectivity index (χ3v) is 7.19. The highest BCUT2D eigenvalue weighted by molar-refractivity contribution is 6.31. The molecule has 9 heteroatoms. The predicted molar refractivity (Wildman–Crippen MR) is 138 cm³/mol. The summed E-state index contributed by atoms with van der Waals surface area (Å²) in [6.07, 6.45) is 3.36. The van der Waals surface area contributed by atoms with Gasteiger partial charge in [0, 0.05) is 37.5 Å². The number of carboxylic acid groups (broad SMARTS) is 1. The number of carboxylic acids is 1. The maximum Gasteiger partial charge on any atom is 0.341 e. The first kappa shape index (κ1) is 26.0. The number of nitrogens with zero attached hydrogens (tertiary/aromatic N) is 2. The Hall–Kier alpha value is -3.10. The first-order valence-electron chi connectivity index (χ1n) is 12.0. The lowest BCUT2D eigenvalue weighted by Gasteiger charge is -2.26. The van der Waals surface area contributed by atoms with Crippen LogP contribution in [0.15, 0.2) is 35.3 Å². The average Bonchev–Trinajstić information content (AvgIpc) is 3.38. The summed E-state index contributed by atoms with van der Waals surface area (Å²) in [4.78, 5) is 27.6. The van der Waals surface area contributed by atoms with Crippen LogP contribution in [0.2, 0.25) is 5.02 Å². The van der Waals surface area contributed by atoms with E-state index >= 15 is 4.39 Å². The largest absolute Gasteiger partial charge is 0.497 e. The van der Waals surface area contributed by atoms with E-state index in [1.807, 2.05) is 13.8 Å². The summed E-state index contributed by atoms with van der Waals surface area (Å²) in [5.41, 5.74) is 0.846. The van der Waals surface area contributed by atoms with E-state index in [2.05, 4.69) is 4.90 Å². The molecule has 1 aliphatic heterocycles. The molecule has 7 nitrogen and oxygen atoms in total. The lowest BCUT2D eigenvalue weighted by Crippen LogP contribution is -2.26. The summed E-state index contributed by atoms with van der Waals surface area (Å²) in [5.74, 6) is -1.59. The summed E-state index contributed by atoms with van der Waals surface area (Å²) in [6.45, 7) is 5.24. The van der Waals surface area contributed by atoms with Crippen LogP contribution in [0.3, 0.4) is 0 Å². The highest BCUT2D eigenvalue weighted by atomic mass is 35.5. The number of halogens is 2. The van der Waals surface area contributed by atoms with Crippen LogP contribution < -0.4 is 15.1 Å². The molecule has 1 fully saturated rings. The second kappa shape index (κ2) is 10.5. The first-order valence-corrected chi connectivity index (χ1v) is 12.4. The van der Waals surface area contributed by atoms with Gasteiger partial charge in [-0.3, -0.25) is 4.79 Å². The van der Waals surface area contributed by atoms with Gasteiger partial charge in [0.15, 0.2) is 0 Å². The molecule has 1 saturated heterocycles. The topological polar surface area (TPSA) is 92.0 Å². The van der Waals surface area contributed by atoms with Gasteiger partial charge in [-0.2, -0.15) is 0 Å². The van der Waals surface area contributed by atoms with Crippen LogP contribution in [0.25, 0.3) is 10.9 Å². The van der Waals surface area contributed by atoms with Crippen LogP contribution in [-0.4, -0.2) is 47.6 Å². The molecular formula is C27H30ClFN2O5. The Morgan fingerprint density at radius 2 is 1.86 bits per heavy atom. The van der Waals surface area contributed by atoms with E-state index in [1.165, 1.54) is 13.3 Å². The van der Waals surface area contributed by atoms with Gasteiger partial charge in [0.05, 0.1) is 35.7 Å². The van der Waals surface area contributed by atoms with Crippen molar-refractivity contribution < 1.29 is 24.1 Å². The van der Waals surface area contributed by atoms with Gasteiger partial charge in [-0.1, -0.05) is 25.4 Å². The number of methoxy groups -OCH3 is 1. The van der Waals surface area contributed by atoms with Gasteiger partial charge in [0.25, 0.3) is 0 Å². The molecule has 0 amide bonds. The van der Waals surface area contributed by atoms with Gasteiger partial charge in [-0.05, 0) is 48.1 Å². The summed E-state index contributed by atoms with van der Waals surface area (Å²) in [7, 11) is 1.48. The quantitative estimate of drug-likeness (QED) is 0.443. The summed E-state index contributed by atoms with van der Waals surface area (Å²) in [5, 5.41) is 20.0. The number of aromatic nitrogens is 1. The van der Waals surface area contributed by atoms with Gasteiger partial charge in [-0.25, -0.2) is 9.18 Å². The molecule has 0 radical (unpaired) electrons. The zero-order chi connectivity index (χ0) is 26.1. The Labute approximate surface area is 213 Å². The average molecular weight is 517 g/mol.